The van der Waals surface area contributed by atoms with Crippen molar-refractivity contribution >= 4 is 17.6 Å². The SMILES string of the molecule is NCCN1C(=O)CC(CCC(=O)c2ccccn2)C1=O. The molecule has 0 saturated carbocycles. The molecule has 1 fully saturated rings. The summed E-state index contributed by atoms with van der Waals surface area (Å²) in [4.78, 5) is 40.7. The summed E-state index contributed by atoms with van der Waals surface area (Å²) in [5.41, 5.74) is 5.76. The molecular formula is C14H17N3O3. The highest BCUT2D eigenvalue weighted by molar-refractivity contribution is 6.04. The van der Waals surface area contributed by atoms with Crippen molar-refractivity contribution in [3.63, 3.8) is 0 Å². The predicted octanol–water partition coefficient (Wildman–Crippen LogP) is 0.378. The fraction of sp³-hybridized carbons (Fsp3) is 0.429. The van der Waals surface area contributed by atoms with Gasteiger partial charge in [-0.3, -0.25) is 24.3 Å². The number of amides is 2. The summed E-state index contributed by atoms with van der Waals surface area (Å²) in [6, 6.07) is 5.12. The minimum atomic E-state index is -0.401. The molecule has 0 spiro atoms. The van der Waals surface area contributed by atoms with Gasteiger partial charge in [-0.05, 0) is 18.6 Å². The summed E-state index contributed by atoms with van der Waals surface area (Å²) < 4.78 is 0. The highest BCUT2D eigenvalue weighted by Crippen LogP contribution is 2.24. The first-order valence-electron chi connectivity index (χ1n) is 6.62. The minimum absolute atomic E-state index is 0.108. The molecule has 0 radical (unpaired) electrons. The largest absolute Gasteiger partial charge is 0.329 e. The van der Waals surface area contributed by atoms with Gasteiger partial charge in [-0.2, -0.15) is 0 Å². The van der Waals surface area contributed by atoms with Gasteiger partial charge in [0.1, 0.15) is 5.69 Å². The van der Waals surface area contributed by atoms with E-state index >= 15 is 0 Å². The standard InChI is InChI=1S/C14H17N3O3/c15-6-8-17-13(19)9-10(14(17)20)4-5-12(18)11-3-1-2-7-16-11/h1-3,7,10H,4-6,8-9,15H2. The van der Waals surface area contributed by atoms with Crippen molar-refractivity contribution in [3.8, 4) is 0 Å². The summed E-state index contributed by atoms with van der Waals surface area (Å²) >= 11 is 0. The Morgan fingerprint density at radius 1 is 1.40 bits per heavy atom. The highest BCUT2D eigenvalue weighted by Gasteiger charge is 2.37. The average Bonchev–Trinajstić information content (AvgIpc) is 2.73. The van der Waals surface area contributed by atoms with E-state index in [9.17, 15) is 14.4 Å². The molecule has 1 aromatic rings. The van der Waals surface area contributed by atoms with Gasteiger partial charge < -0.3 is 5.73 Å². The first-order chi connectivity index (χ1) is 9.63. The van der Waals surface area contributed by atoms with Crippen LogP contribution in [0, 0.1) is 5.92 Å². The van der Waals surface area contributed by atoms with Crippen LogP contribution in [0.15, 0.2) is 24.4 Å². The fourth-order valence-corrected chi connectivity index (χ4v) is 2.30. The number of carbonyl (C=O) groups is 3. The van der Waals surface area contributed by atoms with E-state index < -0.39 is 5.92 Å². The Morgan fingerprint density at radius 2 is 2.20 bits per heavy atom. The summed E-state index contributed by atoms with van der Waals surface area (Å²) in [5, 5.41) is 0. The molecule has 1 saturated heterocycles. The van der Waals surface area contributed by atoms with Gasteiger partial charge in [-0.25, -0.2) is 0 Å². The van der Waals surface area contributed by atoms with Crippen molar-refractivity contribution in [2.75, 3.05) is 13.1 Å². The molecule has 6 heteroatoms. The topological polar surface area (TPSA) is 93.4 Å². The Hall–Kier alpha value is -2.08. The zero-order valence-electron chi connectivity index (χ0n) is 11.1. The van der Waals surface area contributed by atoms with E-state index in [0.29, 0.717) is 12.1 Å². The maximum Gasteiger partial charge on any atom is 0.232 e. The second kappa shape index (κ2) is 6.38. The lowest BCUT2D eigenvalue weighted by Gasteiger charge is -2.13. The van der Waals surface area contributed by atoms with Crippen LogP contribution in [0.1, 0.15) is 29.8 Å². The van der Waals surface area contributed by atoms with Crippen molar-refractivity contribution in [2.24, 2.45) is 11.7 Å². The van der Waals surface area contributed by atoms with Crippen LogP contribution in [0.5, 0.6) is 0 Å². The average molecular weight is 275 g/mol. The lowest BCUT2D eigenvalue weighted by molar-refractivity contribution is -0.139. The summed E-state index contributed by atoms with van der Waals surface area (Å²) in [6.45, 7) is 0.513. The lowest BCUT2D eigenvalue weighted by atomic mass is 9.99. The van der Waals surface area contributed by atoms with Crippen molar-refractivity contribution in [3.05, 3.63) is 30.1 Å². The normalized spacial score (nSPS) is 18.6. The second-order valence-corrected chi connectivity index (χ2v) is 4.75. The molecule has 1 aliphatic rings. The molecule has 1 atom stereocenters. The summed E-state index contributed by atoms with van der Waals surface area (Å²) in [6.07, 6.45) is 2.33. The molecule has 0 aliphatic carbocycles. The molecule has 20 heavy (non-hydrogen) atoms. The number of nitrogens with zero attached hydrogens (tertiary/aromatic N) is 2. The van der Waals surface area contributed by atoms with Gasteiger partial charge in [-0.1, -0.05) is 6.07 Å². The van der Waals surface area contributed by atoms with Crippen LogP contribution in [-0.2, 0) is 9.59 Å². The Labute approximate surface area is 117 Å². The number of likely N-dealkylation sites (tertiary alicyclic amines) is 1. The van der Waals surface area contributed by atoms with Crippen molar-refractivity contribution in [2.45, 2.75) is 19.3 Å². The number of hydrogen-bond donors (Lipinski definition) is 1. The van der Waals surface area contributed by atoms with Gasteiger partial charge in [0.15, 0.2) is 5.78 Å². The number of hydrogen-bond acceptors (Lipinski definition) is 5. The van der Waals surface area contributed by atoms with Crippen molar-refractivity contribution in [1.29, 1.82) is 0 Å². The van der Waals surface area contributed by atoms with Gasteiger partial charge >= 0.3 is 0 Å². The number of Topliss-reactive ketones (excluding diaryl/α,β-unsaturated/α-hetero) is 1. The lowest BCUT2D eigenvalue weighted by Crippen LogP contribution is -2.35. The predicted molar refractivity (Wildman–Crippen MR) is 71.7 cm³/mol. The number of aromatic nitrogens is 1. The molecule has 0 aromatic carbocycles. The second-order valence-electron chi connectivity index (χ2n) is 4.75. The Bertz CT molecular complexity index is 516. The molecule has 1 aliphatic heterocycles. The van der Waals surface area contributed by atoms with Gasteiger partial charge in [0.05, 0.1) is 0 Å². The molecule has 2 N–H and O–H groups in total. The Kier molecular flexibility index (Phi) is 4.57. The van der Waals surface area contributed by atoms with Crippen molar-refractivity contribution in [1.82, 2.24) is 9.88 Å². The number of rotatable bonds is 6. The first kappa shape index (κ1) is 14.3. The van der Waals surface area contributed by atoms with Crippen LogP contribution < -0.4 is 5.73 Å². The van der Waals surface area contributed by atoms with Crippen molar-refractivity contribution < 1.29 is 14.4 Å². The highest BCUT2D eigenvalue weighted by atomic mass is 16.2. The van der Waals surface area contributed by atoms with Gasteiger partial charge in [0, 0.05) is 38.0 Å². The van der Waals surface area contributed by atoms with Gasteiger partial charge in [0.2, 0.25) is 11.8 Å². The fourth-order valence-electron chi connectivity index (χ4n) is 2.30. The molecule has 106 valence electrons. The molecule has 0 bridgehead atoms. The van der Waals surface area contributed by atoms with Crippen LogP contribution in [-0.4, -0.2) is 40.6 Å². The quantitative estimate of drug-likeness (QED) is 0.598. The molecule has 2 heterocycles. The van der Waals surface area contributed by atoms with Gasteiger partial charge in [-0.15, -0.1) is 0 Å². The Morgan fingerprint density at radius 3 is 2.85 bits per heavy atom. The maximum absolute atomic E-state index is 12.0. The maximum atomic E-state index is 12.0. The molecule has 2 rings (SSSR count). The molecular weight excluding hydrogens is 258 g/mol. The number of carbonyl (C=O) groups excluding carboxylic acids is 3. The monoisotopic (exact) mass is 275 g/mol. The van der Waals surface area contributed by atoms with Crippen LogP contribution >= 0.6 is 0 Å². The third-order valence-corrected chi connectivity index (χ3v) is 3.36. The van der Waals surface area contributed by atoms with E-state index in [1.165, 1.54) is 4.90 Å². The zero-order chi connectivity index (χ0) is 14.5. The van der Waals surface area contributed by atoms with E-state index in [1.807, 2.05) is 0 Å². The summed E-state index contributed by atoms with van der Waals surface area (Å²) in [5.74, 6) is -0.921. The zero-order valence-corrected chi connectivity index (χ0v) is 11.1. The number of imide groups is 1. The first-order valence-corrected chi connectivity index (χ1v) is 6.62. The molecule has 1 aromatic heterocycles. The van der Waals surface area contributed by atoms with E-state index in [0.717, 1.165) is 0 Å². The molecule has 6 nitrogen and oxygen atoms in total. The number of pyridine rings is 1. The van der Waals surface area contributed by atoms with E-state index in [2.05, 4.69) is 4.98 Å². The van der Waals surface area contributed by atoms with E-state index in [1.54, 1.807) is 24.4 Å². The van der Waals surface area contributed by atoms with Crippen LogP contribution in [0.2, 0.25) is 0 Å². The minimum Gasteiger partial charge on any atom is -0.329 e. The smallest absolute Gasteiger partial charge is 0.232 e. The number of ketones is 1. The number of nitrogens with two attached hydrogens (primary N) is 1. The third kappa shape index (κ3) is 3.08. The van der Waals surface area contributed by atoms with Crippen LogP contribution in [0.3, 0.4) is 0 Å². The Balaban J connectivity index is 1.90. The van der Waals surface area contributed by atoms with E-state index in [4.69, 9.17) is 5.73 Å². The van der Waals surface area contributed by atoms with Gasteiger partial charge in [0.25, 0.3) is 0 Å². The molecule has 2 amide bonds. The third-order valence-electron chi connectivity index (χ3n) is 3.36. The summed E-state index contributed by atoms with van der Waals surface area (Å²) in [7, 11) is 0. The van der Waals surface area contributed by atoms with Crippen LogP contribution in [0.4, 0.5) is 0 Å². The van der Waals surface area contributed by atoms with Crippen LogP contribution in [0.25, 0.3) is 0 Å². The molecule has 1 unspecified atom stereocenters. The van der Waals surface area contributed by atoms with E-state index in [-0.39, 0.29) is 43.5 Å².